The molecule has 0 bridgehead atoms. The summed E-state index contributed by atoms with van der Waals surface area (Å²) in [6.45, 7) is 4.61. The SMILES string of the molecule is CCNC(=O)CCNC(=O)N1CCCC1. The Morgan fingerprint density at radius 3 is 2.47 bits per heavy atom. The van der Waals surface area contributed by atoms with E-state index in [4.69, 9.17) is 0 Å². The number of carbonyl (C=O) groups excluding carboxylic acids is 2. The van der Waals surface area contributed by atoms with Crippen LogP contribution in [0.4, 0.5) is 4.79 Å². The van der Waals surface area contributed by atoms with Crippen LogP contribution >= 0.6 is 0 Å². The second-order valence-electron chi connectivity index (χ2n) is 3.63. The third kappa shape index (κ3) is 4.18. The van der Waals surface area contributed by atoms with Crippen LogP contribution < -0.4 is 10.6 Å². The molecule has 3 amide bonds. The Hall–Kier alpha value is -1.26. The fourth-order valence-electron chi connectivity index (χ4n) is 1.60. The van der Waals surface area contributed by atoms with E-state index < -0.39 is 0 Å². The van der Waals surface area contributed by atoms with Crippen molar-refractivity contribution >= 4 is 11.9 Å². The van der Waals surface area contributed by atoms with Crippen LogP contribution in [-0.2, 0) is 4.79 Å². The molecule has 2 N–H and O–H groups in total. The molecule has 0 aromatic carbocycles. The number of hydrogen-bond acceptors (Lipinski definition) is 2. The Kier molecular flexibility index (Phi) is 4.93. The van der Waals surface area contributed by atoms with E-state index in [1.807, 2.05) is 6.92 Å². The summed E-state index contributed by atoms with van der Waals surface area (Å²) in [4.78, 5) is 24.3. The predicted octanol–water partition coefficient (Wildman–Crippen LogP) is 0.318. The highest BCUT2D eigenvalue weighted by Gasteiger charge is 2.16. The van der Waals surface area contributed by atoms with Crippen LogP contribution in [0.2, 0.25) is 0 Å². The molecular weight excluding hydrogens is 194 g/mol. The van der Waals surface area contributed by atoms with Gasteiger partial charge in [-0.25, -0.2) is 4.79 Å². The highest BCUT2D eigenvalue weighted by Crippen LogP contribution is 2.06. The van der Waals surface area contributed by atoms with Gasteiger partial charge in [-0.1, -0.05) is 0 Å². The number of carbonyl (C=O) groups is 2. The van der Waals surface area contributed by atoms with Gasteiger partial charge in [-0.2, -0.15) is 0 Å². The van der Waals surface area contributed by atoms with Crippen LogP contribution in [-0.4, -0.2) is 43.0 Å². The molecule has 0 aliphatic carbocycles. The molecule has 15 heavy (non-hydrogen) atoms. The first kappa shape index (κ1) is 11.8. The van der Waals surface area contributed by atoms with Gasteiger partial charge in [0.05, 0.1) is 0 Å². The van der Waals surface area contributed by atoms with Crippen molar-refractivity contribution in [1.29, 1.82) is 0 Å². The van der Waals surface area contributed by atoms with Crippen molar-refractivity contribution in [1.82, 2.24) is 15.5 Å². The van der Waals surface area contributed by atoms with Crippen LogP contribution in [0.15, 0.2) is 0 Å². The zero-order valence-corrected chi connectivity index (χ0v) is 9.21. The van der Waals surface area contributed by atoms with Gasteiger partial charge in [0.25, 0.3) is 0 Å². The maximum absolute atomic E-state index is 11.5. The Morgan fingerprint density at radius 2 is 1.87 bits per heavy atom. The summed E-state index contributed by atoms with van der Waals surface area (Å²) in [6.07, 6.45) is 2.53. The van der Waals surface area contributed by atoms with Gasteiger partial charge in [0.1, 0.15) is 0 Å². The molecule has 1 fully saturated rings. The topological polar surface area (TPSA) is 61.4 Å². The number of nitrogens with one attached hydrogen (secondary N) is 2. The second-order valence-corrected chi connectivity index (χ2v) is 3.63. The van der Waals surface area contributed by atoms with Crippen molar-refractivity contribution in [2.45, 2.75) is 26.2 Å². The van der Waals surface area contributed by atoms with Crippen molar-refractivity contribution < 1.29 is 9.59 Å². The summed E-state index contributed by atoms with van der Waals surface area (Å²) in [5.74, 6) is -0.0146. The van der Waals surface area contributed by atoms with Crippen LogP contribution in [0, 0.1) is 0 Å². The molecule has 1 aliphatic rings. The zero-order valence-electron chi connectivity index (χ0n) is 9.21. The molecule has 5 heteroatoms. The van der Waals surface area contributed by atoms with Gasteiger partial charge < -0.3 is 15.5 Å². The van der Waals surface area contributed by atoms with E-state index in [1.165, 1.54) is 0 Å². The molecule has 5 nitrogen and oxygen atoms in total. The third-order valence-corrected chi connectivity index (χ3v) is 2.40. The van der Waals surface area contributed by atoms with Gasteiger partial charge in [-0.15, -0.1) is 0 Å². The van der Waals surface area contributed by atoms with Crippen molar-refractivity contribution in [3.8, 4) is 0 Å². The monoisotopic (exact) mass is 213 g/mol. The van der Waals surface area contributed by atoms with Gasteiger partial charge in [0, 0.05) is 32.6 Å². The van der Waals surface area contributed by atoms with Gasteiger partial charge in [-0.05, 0) is 19.8 Å². The summed E-state index contributed by atoms with van der Waals surface area (Å²) >= 11 is 0. The largest absolute Gasteiger partial charge is 0.356 e. The van der Waals surface area contributed by atoms with E-state index in [0.29, 0.717) is 19.5 Å². The maximum atomic E-state index is 11.5. The Bertz CT molecular complexity index is 225. The van der Waals surface area contributed by atoms with Crippen molar-refractivity contribution in [2.75, 3.05) is 26.2 Å². The molecule has 0 atom stereocenters. The van der Waals surface area contributed by atoms with Gasteiger partial charge in [0.2, 0.25) is 5.91 Å². The smallest absolute Gasteiger partial charge is 0.317 e. The Morgan fingerprint density at radius 1 is 1.20 bits per heavy atom. The number of likely N-dealkylation sites (tertiary alicyclic amines) is 1. The van der Waals surface area contributed by atoms with E-state index >= 15 is 0 Å². The lowest BCUT2D eigenvalue weighted by Gasteiger charge is -2.15. The van der Waals surface area contributed by atoms with Gasteiger partial charge in [-0.3, -0.25) is 4.79 Å². The van der Waals surface area contributed by atoms with E-state index in [0.717, 1.165) is 25.9 Å². The number of nitrogens with zero attached hydrogens (tertiary/aromatic N) is 1. The number of rotatable bonds is 4. The number of hydrogen-bond donors (Lipinski definition) is 2. The first-order chi connectivity index (χ1) is 7.24. The first-order valence-corrected chi connectivity index (χ1v) is 5.53. The summed E-state index contributed by atoms with van der Waals surface area (Å²) in [5, 5.41) is 5.43. The molecule has 0 saturated carbocycles. The molecule has 0 radical (unpaired) electrons. The lowest BCUT2D eigenvalue weighted by molar-refractivity contribution is -0.120. The van der Waals surface area contributed by atoms with E-state index in [9.17, 15) is 9.59 Å². The van der Waals surface area contributed by atoms with E-state index in [2.05, 4.69) is 10.6 Å². The standard InChI is InChI=1S/C10H19N3O2/c1-2-11-9(14)5-6-12-10(15)13-7-3-4-8-13/h2-8H2,1H3,(H,11,14)(H,12,15). The average molecular weight is 213 g/mol. The fourth-order valence-corrected chi connectivity index (χ4v) is 1.60. The zero-order chi connectivity index (χ0) is 11.1. The highest BCUT2D eigenvalue weighted by atomic mass is 16.2. The predicted molar refractivity (Wildman–Crippen MR) is 57.5 cm³/mol. The van der Waals surface area contributed by atoms with Crippen molar-refractivity contribution in [3.05, 3.63) is 0 Å². The molecule has 1 aliphatic heterocycles. The molecule has 86 valence electrons. The molecule has 1 saturated heterocycles. The maximum Gasteiger partial charge on any atom is 0.317 e. The van der Waals surface area contributed by atoms with E-state index in [1.54, 1.807) is 4.90 Å². The normalized spacial score (nSPS) is 15.1. The van der Waals surface area contributed by atoms with Crippen LogP contribution in [0.1, 0.15) is 26.2 Å². The average Bonchev–Trinajstić information content (AvgIpc) is 2.70. The van der Waals surface area contributed by atoms with Gasteiger partial charge in [0.15, 0.2) is 0 Å². The number of amides is 3. The summed E-state index contributed by atoms with van der Waals surface area (Å²) < 4.78 is 0. The van der Waals surface area contributed by atoms with Crippen LogP contribution in [0.5, 0.6) is 0 Å². The fraction of sp³-hybridized carbons (Fsp3) is 0.800. The molecule has 1 heterocycles. The van der Waals surface area contributed by atoms with E-state index in [-0.39, 0.29) is 11.9 Å². The highest BCUT2D eigenvalue weighted by molar-refractivity contribution is 5.78. The molecule has 0 spiro atoms. The minimum Gasteiger partial charge on any atom is -0.356 e. The van der Waals surface area contributed by atoms with Crippen molar-refractivity contribution in [2.24, 2.45) is 0 Å². The lowest BCUT2D eigenvalue weighted by atomic mass is 10.4. The second kappa shape index (κ2) is 6.27. The van der Waals surface area contributed by atoms with Crippen LogP contribution in [0.25, 0.3) is 0 Å². The Labute approximate surface area is 90.2 Å². The summed E-state index contributed by atoms with van der Waals surface area (Å²) in [5.41, 5.74) is 0. The van der Waals surface area contributed by atoms with Crippen LogP contribution in [0.3, 0.4) is 0 Å². The minimum atomic E-state index is -0.0446. The first-order valence-electron chi connectivity index (χ1n) is 5.53. The lowest BCUT2D eigenvalue weighted by Crippen LogP contribution is -2.39. The molecule has 0 unspecified atom stereocenters. The molecule has 0 aromatic rings. The Balaban J connectivity index is 2.08. The summed E-state index contributed by atoms with van der Waals surface area (Å²) in [6, 6.07) is -0.0446. The molecule has 1 rings (SSSR count). The third-order valence-electron chi connectivity index (χ3n) is 2.40. The molecule has 0 aromatic heterocycles. The molecular formula is C10H19N3O2. The van der Waals surface area contributed by atoms with Crippen molar-refractivity contribution in [3.63, 3.8) is 0 Å². The van der Waals surface area contributed by atoms with Gasteiger partial charge >= 0.3 is 6.03 Å². The summed E-state index contributed by atoms with van der Waals surface area (Å²) in [7, 11) is 0. The minimum absolute atomic E-state index is 0.0146. The quantitative estimate of drug-likeness (QED) is 0.706. The number of urea groups is 1.